The average molecular weight is 726 g/mol. The SMILES string of the molecule is CC(C)(C)[C@H](NC(=O)[C@H](CC(N)=O)NC(=O)[C@@H](N=C(N)N)c1cc(O)c(CO)c(O)c1)C(=O)N[C@@H](CCCCN)C(=O)N[C@@H](CC(=O)O)C(=O)O. The number of phenols is 2. The summed E-state index contributed by atoms with van der Waals surface area (Å²) in [6, 6.07) is -6.19. The highest BCUT2D eigenvalue weighted by Gasteiger charge is 2.38. The van der Waals surface area contributed by atoms with Gasteiger partial charge in [-0.1, -0.05) is 20.8 Å². The quantitative estimate of drug-likeness (QED) is 0.0352. The van der Waals surface area contributed by atoms with Gasteiger partial charge in [-0.2, -0.15) is 0 Å². The lowest BCUT2D eigenvalue weighted by atomic mass is 9.85. The van der Waals surface area contributed by atoms with E-state index in [1.54, 1.807) is 20.8 Å². The first-order valence-corrected chi connectivity index (χ1v) is 15.5. The molecule has 0 saturated carbocycles. The molecule has 0 aliphatic rings. The summed E-state index contributed by atoms with van der Waals surface area (Å²) >= 11 is 0. The Labute approximate surface area is 292 Å². The Morgan fingerprint density at radius 1 is 0.765 bits per heavy atom. The lowest BCUT2D eigenvalue weighted by Gasteiger charge is -2.33. The minimum Gasteiger partial charge on any atom is -0.507 e. The normalized spacial score (nSPS) is 14.1. The lowest BCUT2D eigenvalue weighted by Crippen LogP contribution is -2.61. The highest BCUT2D eigenvalue weighted by atomic mass is 16.4. The molecular formula is C30H47N9O12. The van der Waals surface area contributed by atoms with Gasteiger partial charge in [0, 0.05) is 0 Å². The second-order valence-electron chi connectivity index (χ2n) is 12.5. The van der Waals surface area contributed by atoms with Gasteiger partial charge >= 0.3 is 11.9 Å². The maximum atomic E-state index is 13.6. The van der Waals surface area contributed by atoms with Crippen LogP contribution in [0.25, 0.3) is 0 Å². The number of carbonyl (C=O) groups is 7. The fraction of sp³-hybridized carbons (Fsp3) is 0.533. The third kappa shape index (κ3) is 14.0. The van der Waals surface area contributed by atoms with E-state index >= 15 is 0 Å². The van der Waals surface area contributed by atoms with E-state index in [-0.39, 0.29) is 24.1 Å². The first-order valence-electron chi connectivity index (χ1n) is 15.5. The Balaban J connectivity index is 3.42. The van der Waals surface area contributed by atoms with Gasteiger partial charge in [0.1, 0.15) is 35.7 Å². The molecule has 0 radical (unpaired) electrons. The van der Waals surface area contributed by atoms with E-state index in [2.05, 4.69) is 26.3 Å². The number of guanidine groups is 1. The molecule has 5 amide bonds. The van der Waals surface area contributed by atoms with E-state index in [4.69, 9.17) is 28.0 Å². The minimum absolute atomic E-state index is 0.0457. The predicted octanol–water partition coefficient (Wildman–Crippen LogP) is -3.55. The molecular weight excluding hydrogens is 678 g/mol. The van der Waals surface area contributed by atoms with Crippen molar-refractivity contribution in [3.63, 3.8) is 0 Å². The van der Waals surface area contributed by atoms with Crippen molar-refractivity contribution in [2.75, 3.05) is 6.54 Å². The molecule has 0 bridgehead atoms. The van der Waals surface area contributed by atoms with Crippen LogP contribution in [0.3, 0.4) is 0 Å². The number of carbonyl (C=O) groups excluding carboxylic acids is 5. The molecule has 0 unspecified atom stereocenters. The van der Waals surface area contributed by atoms with Crippen LogP contribution in [0, 0.1) is 5.41 Å². The number of hydrogen-bond donors (Lipinski definition) is 13. The minimum atomic E-state index is -1.82. The number of aliphatic carboxylic acids is 2. The molecule has 51 heavy (non-hydrogen) atoms. The third-order valence-corrected chi connectivity index (χ3v) is 7.25. The van der Waals surface area contributed by atoms with E-state index in [0.717, 1.165) is 12.1 Å². The molecule has 0 heterocycles. The molecule has 17 N–H and O–H groups in total. The zero-order valence-electron chi connectivity index (χ0n) is 28.3. The molecule has 21 nitrogen and oxygen atoms in total. The fourth-order valence-electron chi connectivity index (χ4n) is 4.66. The number of aliphatic hydroxyl groups excluding tert-OH is 1. The number of amides is 5. The molecule has 1 rings (SSSR count). The molecule has 1 aromatic rings. The van der Waals surface area contributed by atoms with Crippen molar-refractivity contribution in [3.05, 3.63) is 23.3 Å². The van der Waals surface area contributed by atoms with E-state index < -0.39 is 114 Å². The van der Waals surface area contributed by atoms with Crippen LogP contribution in [0.15, 0.2) is 17.1 Å². The Bertz CT molecular complexity index is 1470. The summed E-state index contributed by atoms with van der Waals surface area (Å²) in [6.07, 6.45) is -1.08. The first-order chi connectivity index (χ1) is 23.6. The van der Waals surface area contributed by atoms with Crippen LogP contribution >= 0.6 is 0 Å². The Hall–Kier alpha value is -5.70. The smallest absolute Gasteiger partial charge is 0.326 e. The monoisotopic (exact) mass is 725 g/mol. The van der Waals surface area contributed by atoms with Crippen molar-refractivity contribution in [1.29, 1.82) is 0 Å². The Morgan fingerprint density at radius 2 is 1.29 bits per heavy atom. The van der Waals surface area contributed by atoms with Crippen LogP contribution in [0.4, 0.5) is 0 Å². The van der Waals surface area contributed by atoms with Crippen LogP contribution in [0.5, 0.6) is 11.5 Å². The number of rotatable bonds is 20. The number of nitrogens with two attached hydrogens (primary N) is 4. The largest absolute Gasteiger partial charge is 0.507 e. The van der Waals surface area contributed by atoms with Crippen molar-refractivity contribution < 1.29 is 59.1 Å². The van der Waals surface area contributed by atoms with Gasteiger partial charge in [0.15, 0.2) is 12.0 Å². The number of primary amides is 1. The molecule has 0 spiro atoms. The van der Waals surface area contributed by atoms with Crippen LogP contribution < -0.4 is 44.2 Å². The van der Waals surface area contributed by atoms with Crippen molar-refractivity contribution in [2.24, 2.45) is 33.3 Å². The molecule has 0 fully saturated rings. The van der Waals surface area contributed by atoms with E-state index in [9.17, 15) is 54.0 Å². The van der Waals surface area contributed by atoms with Crippen LogP contribution in [-0.4, -0.2) is 104 Å². The summed E-state index contributed by atoms with van der Waals surface area (Å²) in [5, 5.41) is 57.4. The number of benzene rings is 1. The molecule has 284 valence electrons. The predicted molar refractivity (Wildman–Crippen MR) is 178 cm³/mol. The number of hydrogen-bond acceptors (Lipinski definition) is 12. The lowest BCUT2D eigenvalue weighted by molar-refractivity contribution is -0.147. The number of aliphatic imine (C=N–C) groups is 1. The summed E-state index contributed by atoms with van der Waals surface area (Å²) in [5.74, 6) is -10.2. The second-order valence-corrected chi connectivity index (χ2v) is 12.5. The zero-order chi connectivity index (χ0) is 39.2. The summed E-state index contributed by atoms with van der Waals surface area (Å²) < 4.78 is 0. The highest BCUT2D eigenvalue weighted by Crippen LogP contribution is 2.33. The van der Waals surface area contributed by atoms with Crippen molar-refractivity contribution in [1.82, 2.24) is 21.3 Å². The molecule has 1 aromatic carbocycles. The molecule has 0 saturated heterocycles. The van der Waals surface area contributed by atoms with E-state index in [1.807, 2.05) is 0 Å². The Kier molecular flexibility index (Phi) is 16.5. The number of nitrogens with zero attached hydrogens (tertiary/aromatic N) is 1. The van der Waals surface area contributed by atoms with E-state index in [0.29, 0.717) is 12.8 Å². The van der Waals surface area contributed by atoms with Gasteiger partial charge in [-0.25, -0.2) is 9.79 Å². The summed E-state index contributed by atoms with van der Waals surface area (Å²) in [6.45, 7) is 4.10. The number of carboxylic acid groups (broad SMARTS) is 2. The highest BCUT2D eigenvalue weighted by molar-refractivity contribution is 5.98. The number of unbranched alkanes of at least 4 members (excludes halogenated alkanes) is 1. The van der Waals surface area contributed by atoms with Crippen LogP contribution in [-0.2, 0) is 40.2 Å². The number of nitrogens with one attached hydrogen (secondary N) is 4. The maximum Gasteiger partial charge on any atom is 0.326 e. The van der Waals surface area contributed by atoms with Crippen LogP contribution in [0.1, 0.15) is 70.0 Å². The second kappa shape index (κ2) is 19.5. The van der Waals surface area contributed by atoms with Gasteiger partial charge in [-0.05, 0) is 48.9 Å². The average Bonchev–Trinajstić information content (AvgIpc) is 2.99. The molecule has 0 aliphatic carbocycles. The number of aliphatic hydroxyl groups is 1. The molecule has 0 aliphatic heterocycles. The number of carboxylic acids is 2. The Morgan fingerprint density at radius 3 is 1.75 bits per heavy atom. The summed E-state index contributed by atoms with van der Waals surface area (Å²) in [5.41, 5.74) is 20.3. The van der Waals surface area contributed by atoms with Crippen molar-refractivity contribution in [3.8, 4) is 11.5 Å². The third-order valence-electron chi connectivity index (χ3n) is 7.25. The fourth-order valence-corrected chi connectivity index (χ4v) is 4.66. The zero-order valence-corrected chi connectivity index (χ0v) is 28.3. The molecule has 5 atom stereocenters. The maximum absolute atomic E-state index is 13.6. The standard InChI is InChI=1S/C30H47N9O12/c1-30(2,3)23(27(49)35-15(6-4-5-7-31)24(46)37-17(28(50)51)11-21(44)45)39-25(47)16(10-20(32)43)36-26(48)22(38-29(33)34)13-8-18(41)14(12-40)19(42)9-13/h8-9,15-17,22-23,40-42H,4-7,10-12,31H2,1-3H3,(H2,32,43)(H,35,49)(H,36,48)(H,37,46)(H,39,47)(H,44,45)(H,50,51)(H4,33,34,38)/t15-,16-,17-,22-,23+/m0/s1. The molecule has 0 aromatic heterocycles. The van der Waals surface area contributed by atoms with Crippen LogP contribution in [0.2, 0.25) is 0 Å². The van der Waals surface area contributed by atoms with Gasteiger partial charge in [0.05, 0.1) is 25.0 Å². The van der Waals surface area contributed by atoms with Gasteiger partial charge < -0.3 is 69.7 Å². The molecule has 21 heteroatoms. The van der Waals surface area contributed by atoms with Crippen molar-refractivity contribution in [2.45, 2.75) is 89.7 Å². The van der Waals surface area contributed by atoms with Gasteiger partial charge in [0.2, 0.25) is 29.5 Å². The van der Waals surface area contributed by atoms with Gasteiger partial charge in [0.25, 0.3) is 0 Å². The summed E-state index contributed by atoms with van der Waals surface area (Å²) in [4.78, 5) is 92.1. The first kappa shape index (κ1) is 43.3. The summed E-state index contributed by atoms with van der Waals surface area (Å²) in [7, 11) is 0. The van der Waals surface area contributed by atoms with E-state index in [1.165, 1.54) is 0 Å². The topological polar surface area (TPSA) is 385 Å². The van der Waals surface area contributed by atoms with Crippen molar-refractivity contribution >= 4 is 47.4 Å². The van der Waals surface area contributed by atoms with Gasteiger partial charge in [-0.3, -0.25) is 28.8 Å². The van der Waals surface area contributed by atoms with Gasteiger partial charge in [-0.15, -0.1) is 0 Å². The number of aromatic hydroxyl groups is 2.